The lowest BCUT2D eigenvalue weighted by Gasteiger charge is -1.81. The first kappa shape index (κ1) is 12.3. The summed E-state index contributed by atoms with van der Waals surface area (Å²) in [5.41, 5.74) is 0. The van der Waals surface area contributed by atoms with E-state index < -0.39 is 0 Å². The van der Waals surface area contributed by atoms with Crippen LogP contribution in [0.25, 0.3) is 0 Å². The van der Waals surface area contributed by atoms with Crippen LogP contribution in [-0.2, 0) is 4.79 Å². The Bertz CT molecular complexity index is 61.7. The van der Waals surface area contributed by atoms with E-state index in [0.29, 0.717) is 25.2 Å². The van der Waals surface area contributed by atoms with E-state index in [0.717, 1.165) is 6.42 Å². The van der Waals surface area contributed by atoms with Gasteiger partial charge in [-0.1, -0.05) is 20.8 Å². The molecule has 0 aromatic rings. The molecule has 0 atom stereocenters. The molecule has 0 aliphatic rings. The maximum absolute atomic E-state index is 10.2. The quantitative estimate of drug-likeness (QED) is 0.658. The Balaban J connectivity index is 0. The Labute approximate surface area is 63.3 Å². The number of hydrogen-bond donors (Lipinski definition) is 1. The van der Waals surface area contributed by atoms with Gasteiger partial charge in [-0.05, 0) is 6.42 Å². The molecule has 0 aliphatic heterocycles. The van der Waals surface area contributed by atoms with Gasteiger partial charge in [0.1, 0.15) is 5.78 Å². The highest BCUT2D eigenvalue weighted by Gasteiger charge is 1.86. The molecule has 0 saturated heterocycles. The van der Waals surface area contributed by atoms with Gasteiger partial charge in [-0.15, -0.1) is 0 Å². The second-order valence-corrected chi connectivity index (χ2v) is 1.97. The van der Waals surface area contributed by atoms with Crippen molar-refractivity contribution in [3.05, 3.63) is 0 Å². The normalized spacial score (nSPS) is 8.00. The number of ketones is 1. The smallest absolute Gasteiger partial charge is 0.132 e. The highest BCUT2D eigenvalue weighted by Crippen LogP contribution is 1.83. The summed E-state index contributed by atoms with van der Waals surface area (Å²) >= 11 is 0. The lowest BCUT2D eigenvalue weighted by atomic mass is 10.3. The number of Topliss-reactive ketones (excluding diaryl/α,β-unsaturated/α-hetero) is 1. The Morgan fingerprint density at radius 3 is 1.50 bits per heavy atom. The van der Waals surface area contributed by atoms with Crippen LogP contribution in [-0.4, -0.2) is 17.5 Å². The molecule has 0 saturated carbocycles. The van der Waals surface area contributed by atoms with Crippen molar-refractivity contribution >= 4 is 5.78 Å². The molecule has 0 aromatic carbocycles. The monoisotopic (exact) mass is 146 g/mol. The molecule has 0 heterocycles. The SMILES string of the molecule is CCC(=O)CC.CCCO. The standard InChI is InChI=1S/C5H10O.C3H8O/c1-3-5(6)4-2;1-2-3-4/h3-4H2,1-2H3;4H,2-3H2,1H3. The van der Waals surface area contributed by atoms with Gasteiger partial charge in [0.2, 0.25) is 0 Å². The molecule has 0 rings (SSSR count). The minimum absolute atomic E-state index is 0.319. The average Bonchev–Trinajstić information content (AvgIpc) is 2.03. The van der Waals surface area contributed by atoms with Crippen molar-refractivity contribution in [2.75, 3.05) is 6.61 Å². The molecule has 0 radical (unpaired) electrons. The van der Waals surface area contributed by atoms with E-state index in [1.54, 1.807) is 0 Å². The van der Waals surface area contributed by atoms with Crippen molar-refractivity contribution < 1.29 is 9.90 Å². The number of carbonyl (C=O) groups excluding carboxylic acids is 1. The van der Waals surface area contributed by atoms with E-state index in [-0.39, 0.29) is 0 Å². The fourth-order valence-electron chi connectivity index (χ4n) is 0.250. The molecule has 2 heteroatoms. The third kappa shape index (κ3) is 15.6. The Morgan fingerprint density at radius 1 is 1.20 bits per heavy atom. The van der Waals surface area contributed by atoms with E-state index in [2.05, 4.69) is 0 Å². The summed E-state index contributed by atoms with van der Waals surface area (Å²) in [4.78, 5) is 10.2. The zero-order valence-electron chi connectivity index (χ0n) is 7.18. The van der Waals surface area contributed by atoms with Crippen molar-refractivity contribution in [1.82, 2.24) is 0 Å². The summed E-state index contributed by atoms with van der Waals surface area (Å²) in [5, 5.41) is 7.88. The minimum atomic E-state index is 0.319. The van der Waals surface area contributed by atoms with E-state index >= 15 is 0 Å². The maximum Gasteiger partial charge on any atom is 0.132 e. The molecule has 1 N–H and O–H groups in total. The van der Waals surface area contributed by atoms with Crippen LogP contribution in [0.1, 0.15) is 40.0 Å². The third-order valence-corrected chi connectivity index (χ3v) is 1.01. The van der Waals surface area contributed by atoms with Gasteiger partial charge in [-0.2, -0.15) is 0 Å². The van der Waals surface area contributed by atoms with Gasteiger partial charge in [-0.3, -0.25) is 4.79 Å². The molecule has 0 aliphatic carbocycles. The van der Waals surface area contributed by atoms with Crippen LogP contribution in [0.3, 0.4) is 0 Å². The van der Waals surface area contributed by atoms with Crippen molar-refractivity contribution in [3.8, 4) is 0 Å². The van der Waals surface area contributed by atoms with Crippen LogP contribution < -0.4 is 0 Å². The summed E-state index contributed by atoms with van der Waals surface area (Å²) < 4.78 is 0. The van der Waals surface area contributed by atoms with Gasteiger partial charge in [0.05, 0.1) is 0 Å². The zero-order chi connectivity index (χ0) is 8.41. The highest BCUT2D eigenvalue weighted by atomic mass is 16.2. The zero-order valence-corrected chi connectivity index (χ0v) is 7.18. The molecular weight excluding hydrogens is 128 g/mol. The van der Waals surface area contributed by atoms with Crippen LogP contribution in [0, 0.1) is 0 Å². The number of hydrogen-bond acceptors (Lipinski definition) is 2. The van der Waals surface area contributed by atoms with Crippen LogP contribution >= 0.6 is 0 Å². The minimum Gasteiger partial charge on any atom is -0.396 e. The van der Waals surface area contributed by atoms with Gasteiger partial charge >= 0.3 is 0 Å². The topological polar surface area (TPSA) is 37.3 Å². The van der Waals surface area contributed by atoms with Crippen LogP contribution in [0.5, 0.6) is 0 Å². The predicted octanol–water partition coefficient (Wildman–Crippen LogP) is 1.76. The van der Waals surface area contributed by atoms with Crippen molar-refractivity contribution in [3.63, 3.8) is 0 Å². The maximum atomic E-state index is 10.2. The molecule has 0 aromatic heterocycles. The van der Waals surface area contributed by atoms with Gasteiger partial charge in [0, 0.05) is 19.4 Å². The molecule has 10 heavy (non-hydrogen) atoms. The summed E-state index contributed by atoms with van der Waals surface area (Å²) in [6, 6.07) is 0. The molecule has 0 spiro atoms. The van der Waals surface area contributed by atoms with E-state index in [1.165, 1.54) is 0 Å². The molecule has 62 valence electrons. The van der Waals surface area contributed by atoms with E-state index in [4.69, 9.17) is 5.11 Å². The number of carbonyl (C=O) groups is 1. The van der Waals surface area contributed by atoms with Gasteiger partial charge in [0.15, 0.2) is 0 Å². The lowest BCUT2D eigenvalue weighted by molar-refractivity contribution is -0.118. The van der Waals surface area contributed by atoms with Crippen LogP contribution in [0.2, 0.25) is 0 Å². The van der Waals surface area contributed by atoms with E-state index in [9.17, 15) is 4.79 Å². The fraction of sp³-hybridized carbons (Fsp3) is 0.875. The summed E-state index contributed by atoms with van der Waals surface area (Å²) in [7, 11) is 0. The number of aliphatic hydroxyl groups is 1. The Hall–Kier alpha value is -0.370. The molecule has 0 amide bonds. The Morgan fingerprint density at radius 2 is 1.50 bits per heavy atom. The van der Waals surface area contributed by atoms with Crippen LogP contribution in [0.15, 0.2) is 0 Å². The molecule has 2 nitrogen and oxygen atoms in total. The fourth-order valence-corrected chi connectivity index (χ4v) is 0.250. The summed E-state index contributed by atoms with van der Waals surface area (Å²) in [6.45, 7) is 6.01. The third-order valence-electron chi connectivity index (χ3n) is 1.01. The molecule has 0 fully saturated rings. The van der Waals surface area contributed by atoms with Gasteiger partial charge in [-0.25, -0.2) is 0 Å². The van der Waals surface area contributed by atoms with Crippen molar-refractivity contribution in [2.24, 2.45) is 0 Å². The van der Waals surface area contributed by atoms with Gasteiger partial charge in [0.25, 0.3) is 0 Å². The number of rotatable bonds is 3. The van der Waals surface area contributed by atoms with Crippen LogP contribution in [0.4, 0.5) is 0 Å². The summed E-state index contributed by atoms with van der Waals surface area (Å²) in [5.74, 6) is 0.343. The molecule has 0 bridgehead atoms. The first-order chi connectivity index (χ1) is 4.72. The number of aliphatic hydroxyl groups excluding tert-OH is 1. The van der Waals surface area contributed by atoms with Crippen molar-refractivity contribution in [1.29, 1.82) is 0 Å². The second kappa shape index (κ2) is 11.4. The summed E-state index contributed by atoms with van der Waals surface area (Å²) in [6.07, 6.45) is 2.26. The average molecular weight is 146 g/mol. The predicted molar refractivity (Wildman–Crippen MR) is 43.0 cm³/mol. The first-order valence-electron chi connectivity index (χ1n) is 3.85. The second-order valence-electron chi connectivity index (χ2n) is 1.97. The lowest BCUT2D eigenvalue weighted by Crippen LogP contribution is -1.88. The largest absolute Gasteiger partial charge is 0.396 e. The highest BCUT2D eigenvalue weighted by molar-refractivity contribution is 5.77. The van der Waals surface area contributed by atoms with Crippen molar-refractivity contribution in [2.45, 2.75) is 40.0 Å². The Kier molecular flexibility index (Phi) is 14.1. The molecule has 0 unspecified atom stereocenters. The molecular formula is C8H18O2. The van der Waals surface area contributed by atoms with Gasteiger partial charge < -0.3 is 5.11 Å². The van der Waals surface area contributed by atoms with E-state index in [1.807, 2.05) is 20.8 Å². The first-order valence-corrected chi connectivity index (χ1v) is 3.85.